The number of aromatic nitrogens is 1. The van der Waals surface area contributed by atoms with E-state index >= 15 is 0 Å². The van der Waals surface area contributed by atoms with Crippen molar-refractivity contribution in [1.29, 1.82) is 0 Å². The van der Waals surface area contributed by atoms with Gasteiger partial charge in [0.05, 0.1) is 18.8 Å². The average Bonchev–Trinajstić information content (AvgIpc) is 3.57. The number of hydrogen-bond acceptors (Lipinski definition) is 7. The molecule has 2 aliphatic heterocycles. The predicted octanol–water partition coefficient (Wildman–Crippen LogP) is 3.53. The molecular weight excluding hydrogens is 458 g/mol. The number of thiophene rings is 1. The monoisotopic (exact) mass is 493 g/mol. The van der Waals surface area contributed by atoms with Gasteiger partial charge in [-0.3, -0.25) is 9.69 Å². The van der Waals surface area contributed by atoms with Crippen molar-refractivity contribution in [2.24, 2.45) is 11.8 Å². The van der Waals surface area contributed by atoms with Crippen molar-refractivity contribution in [2.45, 2.75) is 32.4 Å². The Bertz CT molecular complexity index is 1050. The van der Waals surface area contributed by atoms with Gasteiger partial charge < -0.3 is 20.1 Å². The van der Waals surface area contributed by atoms with Crippen molar-refractivity contribution < 1.29 is 9.32 Å². The summed E-state index contributed by atoms with van der Waals surface area (Å²) in [6.45, 7) is 7.39. The van der Waals surface area contributed by atoms with E-state index in [1.54, 1.807) is 11.3 Å². The second-order valence-corrected chi connectivity index (χ2v) is 10.7. The van der Waals surface area contributed by atoms with Crippen LogP contribution in [0.1, 0.15) is 29.2 Å². The van der Waals surface area contributed by atoms with E-state index in [0.29, 0.717) is 24.8 Å². The molecule has 1 aromatic carbocycles. The van der Waals surface area contributed by atoms with Gasteiger partial charge in [0.1, 0.15) is 0 Å². The van der Waals surface area contributed by atoms with Gasteiger partial charge in [0.15, 0.2) is 5.76 Å². The van der Waals surface area contributed by atoms with E-state index in [1.165, 1.54) is 10.6 Å². The lowest BCUT2D eigenvalue weighted by Crippen LogP contribution is -2.45. The Kier molecular flexibility index (Phi) is 8.13. The fourth-order valence-corrected chi connectivity index (χ4v) is 5.86. The molecule has 0 bridgehead atoms. The molecule has 5 rings (SSSR count). The van der Waals surface area contributed by atoms with E-state index in [0.717, 1.165) is 70.1 Å². The maximum absolute atomic E-state index is 12.6. The van der Waals surface area contributed by atoms with Gasteiger partial charge in [0.2, 0.25) is 5.91 Å². The van der Waals surface area contributed by atoms with E-state index in [1.807, 2.05) is 11.4 Å². The Morgan fingerprint density at radius 3 is 2.77 bits per heavy atom. The van der Waals surface area contributed by atoms with Crippen molar-refractivity contribution in [2.75, 3.05) is 44.2 Å². The van der Waals surface area contributed by atoms with Crippen LogP contribution in [0.5, 0.6) is 0 Å². The number of carbonyl (C=O) groups is 1. The number of nitrogens with zero attached hydrogens (tertiary/aromatic N) is 3. The molecule has 0 aliphatic carbocycles. The minimum absolute atomic E-state index is 0.144. The van der Waals surface area contributed by atoms with E-state index in [9.17, 15) is 4.79 Å². The van der Waals surface area contributed by atoms with E-state index in [2.05, 4.69) is 68.1 Å². The zero-order valence-electron chi connectivity index (χ0n) is 20.2. The fourth-order valence-electron chi connectivity index (χ4n) is 5.21. The van der Waals surface area contributed by atoms with Gasteiger partial charge in [-0.2, -0.15) is 0 Å². The van der Waals surface area contributed by atoms with Crippen LogP contribution in [-0.4, -0.2) is 55.2 Å². The molecule has 0 radical (unpaired) electrons. The number of piperazine rings is 1. The van der Waals surface area contributed by atoms with Gasteiger partial charge in [0, 0.05) is 49.2 Å². The van der Waals surface area contributed by atoms with Crippen molar-refractivity contribution in [1.82, 2.24) is 20.7 Å². The zero-order valence-corrected chi connectivity index (χ0v) is 21.0. The molecule has 4 heterocycles. The highest BCUT2D eigenvalue weighted by Crippen LogP contribution is 2.27. The second-order valence-electron chi connectivity index (χ2n) is 9.66. The quantitative estimate of drug-likeness (QED) is 0.475. The van der Waals surface area contributed by atoms with E-state index in [-0.39, 0.29) is 5.91 Å². The van der Waals surface area contributed by atoms with Gasteiger partial charge in [-0.1, -0.05) is 29.4 Å². The normalized spacial score (nSPS) is 21.2. The van der Waals surface area contributed by atoms with Gasteiger partial charge in [-0.05, 0) is 61.3 Å². The highest BCUT2D eigenvalue weighted by Gasteiger charge is 2.28. The Hall–Kier alpha value is -2.68. The molecule has 2 N–H and O–H groups in total. The Balaban J connectivity index is 1.09. The lowest BCUT2D eigenvalue weighted by Gasteiger charge is -2.35. The molecule has 3 aromatic rings. The molecule has 8 heteroatoms. The molecule has 2 aromatic heterocycles. The average molecular weight is 494 g/mol. The molecular formula is C27H35N5O2S. The summed E-state index contributed by atoms with van der Waals surface area (Å²) < 4.78 is 5.71. The molecule has 0 unspecified atom stereocenters. The number of benzene rings is 1. The van der Waals surface area contributed by atoms with Gasteiger partial charge in [0.25, 0.3) is 0 Å². The third kappa shape index (κ3) is 6.72. The Labute approximate surface area is 211 Å². The van der Waals surface area contributed by atoms with Gasteiger partial charge in [-0.15, -0.1) is 11.3 Å². The smallest absolute Gasteiger partial charge is 0.220 e. The maximum Gasteiger partial charge on any atom is 0.220 e. The summed E-state index contributed by atoms with van der Waals surface area (Å²) in [5, 5.41) is 13.0. The zero-order chi connectivity index (χ0) is 23.9. The first-order chi connectivity index (χ1) is 17.2. The van der Waals surface area contributed by atoms with Crippen LogP contribution in [-0.2, 0) is 24.3 Å². The number of anilines is 1. The highest BCUT2D eigenvalue weighted by atomic mass is 32.1. The number of piperidine rings is 1. The molecule has 2 aliphatic rings. The highest BCUT2D eigenvalue weighted by molar-refractivity contribution is 7.09. The van der Waals surface area contributed by atoms with Crippen LogP contribution in [0.15, 0.2) is 58.4 Å². The summed E-state index contributed by atoms with van der Waals surface area (Å²) in [6, 6.07) is 16.8. The second kappa shape index (κ2) is 11.8. The van der Waals surface area contributed by atoms with Crippen LogP contribution in [0.2, 0.25) is 0 Å². The minimum Gasteiger partial charge on any atom is -0.369 e. The SMILES string of the molecule is O=C(C[C@@H]1CCNC[C@@H]1Cc1cc(CN2CCN(c3ccccc3)CC2)on1)NCc1cccs1. The number of nitrogens with one attached hydrogen (secondary N) is 2. The van der Waals surface area contributed by atoms with Crippen LogP contribution in [0.3, 0.4) is 0 Å². The molecule has 2 atom stereocenters. The van der Waals surface area contributed by atoms with Crippen LogP contribution in [0.4, 0.5) is 5.69 Å². The first-order valence-electron chi connectivity index (χ1n) is 12.7. The lowest BCUT2D eigenvalue weighted by molar-refractivity contribution is -0.122. The molecule has 186 valence electrons. The van der Waals surface area contributed by atoms with E-state index in [4.69, 9.17) is 4.52 Å². The lowest BCUT2D eigenvalue weighted by atomic mass is 9.81. The number of hydrogen-bond donors (Lipinski definition) is 2. The third-order valence-corrected chi connectivity index (χ3v) is 8.08. The summed E-state index contributed by atoms with van der Waals surface area (Å²) in [5.41, 5.74) is 2.30. The summed E-state index contributed by atoms with van der Waals surface area (Å²) in [6.07, 6.45) is 2.45. The third-order valence-electron chi connectivity index (χ3n) is 7.20. The summed E-state index contributed by atoms with van der Waals surface area (Å²) >= 11 is 1.68. The number of para-hydroxylation sites is 1. The summed E-state index contributed by atoms with van der Waals surface area (Å²) in [7, 11) is 0. The first kappa shape index (κ1) is 24.0. The molecule has 0 spiro atoms. The van der Waals surface area contributed by atoms with Crippen LogP contribution >= 0.6 is 11.3 Å². The standard InChI is InChI=1S/C27H35N5O2S/c33-27(29-19-26-7-4-14-35-26)16-21-8-9-28-18-22(21)15-23-17-25(34-30-23)20-31-10-12-32(13-11-31)24-5-2-1-3-6-24/h1-7,14,17,21-22,28H,8-13,15-16,18-20H2,(H,29,33)/t21-,22-/m0/s1. The largest absolute Gasteiger partial charge is 0.369 e. The molecule has 2 saturated heterocycles. The molecule has 0 saturated carbocycles. The Morgan fingerprint density at radius 1 is 1.11 bits per heavy atom. The summed E-state index contributed by atoms with van der Waals surface area (Å²) in [5.74, 6) is 1.84. The number of rotatable bonds is 9. The molecule has 7 nitrogen and oxygen atoms in total. The summed E-state index contributed by atoms with van der Waals surface area (Å²) in [4.78, 5) is 18.6. The number of amides is 1. The van der Waals surface area contributed by atoms with Crippen LogP contribution in [0.25, 0.3) is 0 Å². The van der Waals surface area contributed by atoms with E-state index < -0.39 is 0 Å². The predicted molar refractivity (Wildman–Crippen MR) is 139 cm³/mol. The van der Waals surface area contributed by atoms with Gasteiger partial charge >= 0.3 is 0 Å². The molecule has 2 fully saturated rings. The van der Waals surface area contributed by atoms with Gasteiger partial charge in [-0.25, -0.2) is 0 Å². The topological polar surface area (TPSA) is 73.6 Å². The van der Waals surface area contributed by atoms with Crippen molar-refractivity contribution in [3.05, 3.63) is 70.2 Å². The fraction of sp³-hybridized carbons (Fsp3) is 0.481. The van der Waals surface area contributed by atoms with Crippen molar-refractivity contribution in [3.63, 3.8) is 0 Å². The van der Waals surface area contributed by atoms with Crippen molar-refractivity contribution >= 4 is 22.9 Å². The maximum atomic E-state index is 12.6. The number of carbonyl (C=O) groups excluding carboxylic acids is 1. The Morgan fingerprint density at radius 2 is 1.97 bits per heavy atom. The first-order valence-corrected chi connectivity index (χ1v) is 13.6. The van der Waals surface area contributed by atoms with Crippen LogP contribution in [0, 0.1) is 11.8 Å². The minimum atomic E-state index is 0.144. The van der Waals surface area contributed by atoms with Crippen molar-refractivity contribution in [3.8, 4) is 0 Å². The van der Waals surface area contributed by atoms with Crippen LogP contribution < -0.4 is 15.5 Å². The molecule has 1 amide bonds. The molecule has 35 heavy (non-hydrogen) atoms.